The summed E-state index contributed by atoms with van der Waals surface area (Å²) in [6.07, 6.45) is 2.45. The summed E-state index contributed by atoms with van der Waals surface area (Å²) in [5.41, 5.74) is 13.5. The van der Waals surface area contributed by atoms with E-state index in [2.05, 4.69) is 23.8 Å². The number of aromatic hydroxyl groups is 1. The van der Waals surface area contributed by atoms with E-state index in [4.69, 9.17) is 21.0 Å². The average molecular weight is 410 g/mol. The Balaban J connectivity index is 2.27. The van der Waals surface area contributed by atoms with Crippen LogP contribution in [-0.2, 0) is 0 Å². The maximum absolute atomic E-state index is 10.3. The Morgan fingerprint density at radius 3 is 2.63 bits per heavy atom. The van der Waals surface area contributed by atoms with Crippen molar-refractivity contribution in [3.05, 3.63) is 29.0 Å². The van der Waals surface area contributed by atoms with E-state index < -0.39 is 10.7 Å². The summed E-state index contributed by atoms with van der Waals surface area (Å²) < 4.78 is 6.30. The Kier molecular flexibility index (Phi) is 7.23. The van der Waals surface area contributed by atoms with Gasteiger partial charge in [0.15, 0.2) is 17.4 Å². The maximum Gasteiger partial charge on any atom is 0.166 e. The Morgan fingerprint density at radius 1 is 1.37 bits per heavy atom. The third-order valence-corrected chi connectivity index (χ3v) is 6.75. The van der Waals surface area contributed by atoms with Crippen LogP contribution in [0, 0.1) is 0 Å². The Bertz CT molecular complexity index is 880. The van der Waals surface area contributed by atoms with E-state index in [1.165, 1.54) is 11.3 Å². The van der Waals surface area contributed by atoms with Crippen molar-refractivity contribution in [2.45, 2.75) is 50.3 Å². The average Bonchev–Trinajstić information content (AvgIpc) is 3.27. The van der Waals surface area contributed by atoms with E-state index in [0.717, 1.165) is 11.3 Å². The van der Waals surface area contributed by atoms with Crippen molar-refractivity contribution in [3.63, 3.8) is 0 Å². The highest BCUT2D eigenvalue weighted by Gasteiger charge is 2.17. The highest BCUT2D eigenvalue weighted by Crippen LogP contribution is 2.43. The van der Waals surface area contributed by atoms with Crippen LogP contribution in [0.25, 0.3) is 0 Å². The van der Waals surface area contributed by atoms with Crippen LogP contribution in [-0.4, -0.2) is 22.1 Å². The van der Waals surface area contributed by atoms with Gasteiger partial charge in [-0.2, -0.15) is 0 Å². The van der Waals surface area contributed by atoms with Crippen LogP contribution in [0.3, 0.4) is 0 Å². The zero-order valence-corrected chi connectivity index (χ0v) is 17.6. The van der Waals surface area contributed by atoms with Crippen molar-refractivity contribution in [1.29, 1.82) is 0 Å². The SMILES string of the molecule is C/C=S(/N)c1scc(N=C(N)C(N)=N[C@H](CC)c2cc(C(C)C)co2)c1O. The van der Waals surface area contributed by atoms with Gasteiger partial charge in [0.05, 0.1) is 6.26 Å². The van der Waals surface area contributed by atoms with Crippen molar-refractivity contribution < 1.29 is 9.52 Å². The lowest BCUT2D eigenvalue weighted by Crippen LogP contribution is -2.31. The number of nitrogens with two attached hydrogens (primary N) is 3. The first-order valence-corrected chi connectivity index (χ1v) is 10.8. The Hall–Kier alpha value is -2.10. The van der Waals surface area contributed by atoms with Crippen molar-refractivity contribution in [2.75, 3.05) is 0 Å². The monoisotopic (exact) mass is 409 g/mol. The molecule has 0 aromatic carbocycles. The number of aliphatic imine (C=N–C) groups is 2. The number of thiophene rings is 1. The zero-order chi connectivity index (χ0) is 20.1. The Morgan fingerprint density at radius 2 is 2.07 bits per heavy atom. The molecular formula is C18H27N5O2S2. The van der Waals surface area contributed by atoms with Gasteiger partial charge in [0, 0.05) is 5.38 Å². The molecule has 0 fully saturated rings. The quantitative estimate of drug-likeness (QED) is 0.325. The van der Waals surface area contributed by atoms with Gasteiger partial charge in [0.1, 0.15) is 21.7 Å². The Labute approximate surface area is 166 Å². The second-order valence-corrected chi connectivity index (χ2v) is 9.00. The normalized spacial score (nSPS) is 15.5. The fourth-order valence-corrected chi connectivity index (χ4v) is 4.32. The summed E-state index contributed by atoms with van der Waals surface area (Å²) in [5.74, 6) is 1.28. The first kappa shape index (κ1) is 21.2. The number of hydrogen-bond acceptors (Lipinski definition) is 6. The van der Waals surface area contributed by atoms with E-state index in [0.29, 0.717) is 22.2 Å². The first-order chi connectivity index (χ1) is 12.8. The van der Waals surface area contributed by atoms with Crippen LogP contribution in [0.4, 0.5) is 5.69 Å². The van der Waals surface area contributed by atoms with E-state index in [1.807, 2.05) is 25.3 Å². The van der Waals surface area contributed by atoms with Gasteiger partial charge in [-0.3, -0.25) is 10.1 Å². The second kappa shape index (κ2) is 9.20. The third-order valence-electron chi connectivity index (χ3n) is 4.00. The molecular weight excluding hydrogens is 382 g/mol. The molecule has 27 heavy (non-hydrogen) atoms. The van der Waals surface area contributed by atoms with Gasteiger partial charge in [-0.05, 0) is 36.3 Å². The van der Waals surface area contributed by atoms with Crippen LogP contribution in [0.15, 0.2) is 36.3 Å². The summed E-state index contributed by atoms with van der Waals surface area (Å²) in [7, 11) is -0.634. The molecule has 148 valence electrons. The molecule has 2 aromatic heterocycles. The highest BCUT2D eigenvalue weighted by atomic mass is 32.2. The molecule has 0 spiro atoms. The predicted octanol–water partition coefficient (Wildman–Crippen LogP) is 3.99. The van der Waals surface area contributed by atoms with Crippen LogP contribution >= 0.6 is 22.0 Å². The number of rotatable bonds is 6. The molecule has 2 aromatic rings. The summed E-state index contributed by atoms with van der Waals surface area (Å²) in [5, 5.41) is 19.7. The van der Waals surface area contributed by atoms with Crippen LogP contribution in [0.2, 0.25) is 0 Å². The minimum Gasteiger partial charge on any atom is -0.504 e. The lowest BCUT2D eigenvalue weighted by molar-refractivity contribution is 0.460. The van der Waals surface area contributed by atoms with Crippen molar-refractivity contribution in [3.8, 4) is 5.75 Å². The first-order valence-electron chi connectivity index (χ1n) is 8.61. The molecule has 0 aliphatic carbocycles. The molecule has 0 saturated heterocycles. The van der Waals surface area contributed by atoms with Gasteiger partial charge < -0.3 is 21.0 Å². The van der Waals surface area contributed by atoms with Crippen molar-refractivity contribution in [1.82, 2.24) is 0 Å². The maximum atomic E-state index is 10.3. The largest absolute Gasteiger partial charge is 0.504 e. The summed E-state index contributed by atoms with van der Waals surface area (Å²) in [6, 6.07) is 1.74. The molecule has 0 radical (unpaired) electrons. The lowest BCUT2D eigenvalue weighted by atomic mass is 10.1. The number of hydrogen-bond donors (Lipinski definition) is 4. The van der Waals surface area contributed by atoms with E-state index in [-0.39, 0.29) is 23.5 Å². The van der Waals surface area contributed by atoms with Crippen LogP contribution in [0.5, 0.6) is 5.75 Å². The van der Waals surface area contributed by atoms with Crippen molar-refractivity contribution in [2.24, 2.45) is 26.6 Å². The van der Waals surface area contributed by atoms with E-state index in [9.17, 15) is 5.11 Å². The molecule has 2 heterocycles. The predicted molar refractivity (Wildman–Crippen MR) is 116 cm³/mol. The molecule has 9 heteroatoms. The van der Waals surface area contributed by atoms with Crippen LogP contribution < -0.4 is 16.6 Å². The minimum atomic E-state index is -0.634. The van der Waals surface area contributed by atoms with Crippen molar-refractivity contribution >= 4 is 44.7 Å². The van der Waals surface area contributed by atoms with Gasteiger partial charge in [0.2, 0.25) is 0 Å². The molecule has 2 atom stereocenters. The minimum absolute atomic E-state index is 0.0272. The molecule has 0 amide bonds. The standard InChI is InChI=1S/C18H27N5O2S2/c1-5-12(14-7-11(8-25-14)10(3)4)22-16(19)17(20)23-13-9-26-18(15(13)24)27(21)6-2/h6-10,12,24H,5,21H2,1-4H3,(H2,19,22)(H2,20,23)/t12-,27?/m1/s1. The number of nitrogens with zero attached hydrogens (tertiary/aromatic N) is 2. The molecule has 7 nitrogen and oxygen atoms in total. The fraction of sp³-hybridized carbons (Fsp3) is 0.389. The zero-order valence-electron chi connectivity index (χ0n) is 16.0. The molecule has 1 unspecified atom stereocenters. The van der Waals surface area contributed by atoms with Gasteiger partial charge in [-0.1, -0.05) is 31.4 Å². The van der Waals surface area contributed by atoms with Gasteiger partial charge in [-0.15, -0.1) is 11.3 Å². The molecule has 0 aliphatic rings. The lowest BCUT2D eigenvalue weighted by Gasteiger charge is -2.08. The second-order valence-electron chi connectivity index (χ2n) is 6.24. The molecule has 7 N–H and O–H groups in total. The van der Waals surface area contributed by atoms with Gasteiger partial charge >= 0.3 is 0 Å². The van der Waals surface area contributed by atoms with E-state index >= 15 is 0 Å². The van der Waals surface area contributed by atoms with Gasteiger partial charge in [0.25, 0.3) is 0 Å². The molecule has 0 aliphatic heterocycles. The number of amidine groups is 2. The summed E-state index contributed by atoms with van der Waals surface area (Å²) in [6.45, 7) is 8.03. The van der Waals surface area contributed by atoms with E-state index in [1.54, 1.807) is 11.6 Å². The summed E-state index contributed by atoms with van der Waals surface area (Å²) in [4.78, 5) is 8.67. The molecule has 0 bridgehead atoms. The molecule has 2 rings (SSSR count). The smallest absolute Gasteiger partial charge is 0.166 e. The third kappa shape index (κ3) is 5.00. The molecule has 0 saturated carbocycles. The highest BCUT2D eigenvalue weighted by molar-refractivity contribution is 8.14. The van der Waals surface area contributed by atoms with Crippen LogP contribution in [0.1, 0.15) is 57.4 Å². The summed E-state index contributed by atoms with van der Waals surface area (Å²) >= 11 is 1.33. The number of furan rings is 1. The van der Waals surface area contributed by atoms with Gasteiger partial charge in [-0.25, -0.2) is 4.99 Å². The topological polar surface area (TPSA) is 136 Å². The fourth-order valence-electron chi connectivity index (χ4n) is 2.30.